The average molecular weight is 246 g/mol. The summed E-state index contributed by atoms with van der Waals surface area (Å²) >= 11 is 0. The number of hydrogen-bond acceptors (Lipinski definition) is 4. The largest absolute Gasteiger partial charge is 0.383 e. The van der Waals surface area contributed by atoms with Crippen molar-refractivity contribution in [1.82, 2.24) is 9.55 Å². The molecule has 18 heavy (non-hydrogen) atoms. The third-order valence-electron chi connectivity index (χ3n) is 2.80. The summed E-state index contributed by atoms with van der Waals surface area (Å²) in [5, 5.41) is 13.7. The summed E-state index contributed by atoms with van der Waals surface area (Å²) in [5.74, 6) is 0.916. The summed E-state index contributed by atoms with van der Waals surface area (Å²) in [5.41, 5.74) is 1.60. The van der Waals surface area contributed by atoms with Crippen LogP contribution in [0.3, 0.4) is 0 Å². The summed E-state index contributed by atoms with van der Waals surface area (Å²) < 4.78 is 1.99. The van der Waals surface area contributed by atoms with E-state index >= 15 is 0 Å². The fraction of sp³-hybridized carbons (Fsp3) is 0.250. The van der Waals surface area contributed by atoms with Crippen LogP contribution in [0.5, 0.6) is 0 Å². The first-order valence-electron chi connectivity index (χ1n) is 5.54. The van der Waals surface area contributed by atoms with Gasteiger partial charge in [0.2, 0.25) is 0 Å². The Bertz CT molecular complexity index is 577. The molecule has 1 aromatic carbocycles. The molecular formula is C12H14N4O2. The van der Waals surface area contributed by atoms with Gasteiger partial charge in [-0.05, 0) is 18.6 Å². The van der Waals surface area contributed by atoms with Crippen LogP contribution in [0.2, 0.25) is 0 Å². The molecule has 1 heterocycles. The van der Waals surface area contributed by atoms with Crippen molar-refractivity contribution in [2.45, 2.75) is 13.5 Å². The number of benzene rings is 1. The van der Waals surface area contributed by atoms with E-state index in [9.17, 15) is 10.1 Å². The Hall–Kier alpha value is -2.37. The van der Waals surface area contributed by atoms with Crippen LogP contribution in [0, 0.1) is 17.0 Å². The van der Waals surface area contributed by atoms with Crippen LogP contribution in [0.25, 0.3) is 0 Å². The fourth-order valence-electron chi connectivity index (χ4n) is 1.81. The zero-order valence-electron chi connectivity index (χ0n) is 10.3. The molecule has 0 radical (unpaired) electrons. The molecule has 6 nitrogen and oxygen atoms in total. The van der Waals surface area contributed by atoms with Gasteiger partial charge in [-0.25, -0.2) is 4.98 Å². The van der Waals surface area contributed by atoms with Crippen LogP contribution in [0.15, 0.2) is 30.6 Å². The van der Waals surface area contributed by atoms with Crippen molar-refractivity contribution in [3.63, 3.8) is 0 Å². The van der Waals surface area contributed by atoms with Crippen molar-refractivity contribution in [3.8, 4) is 0 Å². The van der Waals surface area contributed by atoms with Gasteiger partial charge in [0.05, 0.1) is 4.92 Å². The topological polar surface area (TPSA) is 73.0 Å². The minimum Gasteiger partial charge on any atom is -0.383 e. The van der Waals surface area contributed by atoms with Crippen LogP contribution in [-0.4, -0.2) is 21.5 Å². The number of nitrogens with zero attached hydrogens (tertiary/aromatic N) is 3. The number of anilines is 1. The molecule has 0 amide bonds. The van der Waals surface area contributed by atoms with Crippen LogP contribution in [-0.2, 0) is 6.54 Å². The quantitative estimate of drug-likeness (QED) is 0.663. The highest BCUT2D eigenvalue weighted by molar-refractivity contribution is 5.62. The number of nitro benzene ring substituents is 1. The van der Waals surface area contributed by atoms with E-state index in [2.05, 4.69) is 10.3 Å². The maximum atomic E-state index is 10.8. The highest BCUT2D eigenvalue weighted by Gasteiger charge is 2.13. The summed E-state index contributed by atoms with van der Waals surface area (Å²) in [6.07, 6.45) is 3.62. The molecule has 2 rings (SSSR count). The Morgan fingerprint density at radius 2 is 2.28 bits per heavy atom. The molecule has 1 N–H and O–H groups in total. The molecule has 94 valence electrons. The van der Waals surface area contributed by atoms with Crippen molar-refractivity contribution in [2.24, 2.45) is 0 Å². The molecule has 0 aliphatic carbocycles. The van der Waals surface area contributed by atoms with Gasteiger partial charge in [-0.2, -0.15) is 0 Å². The number of hydrogen-bond donors (Lipinski definition) is 1. The van der Waals surface area contributed by atoms with E-state index in [4.69, 9.17) is 0 Å². The maximum absolute atomic E-state index is 10.8. The van der Waals surface area contributed by atoms with Crippen molar-refractivity contribution in [1.29, 1.82) is 0 Å². The van der Waals surface area contributed by atoms with Crippen molar-refractivity contribution in [2.75, 3.05) is 12.4 Å². The minimum atomic E-state index is -0.391. The second kappa shape index (κ2) is 4.87. The molecule has 0 fully saturated rings. The Morgan fingerprint density at radius 1 is 1.50 bits per heavy atom. The zero-order valence-corrected chi connectivity index (χ0v) is 10.3. The first-order chi connectivity index (χ1) is 8.61. The van der Waals surface area contributed by atoms with Crippen LogP contribution in [0.4, 0.5) is 11.4 Å². The molecule has 0 atom stereocenters. The highest BCUT2D eigenvalue weighted by Crippen LogP contribution is 2.25. The highest BCUT2D eigenvalue weighted by atomic mass is 16.6. The third-order valence-corrected chi connectivity index (χ3v) is 2.80. The van der Waals surface area contributed by atoms with Gasteiger partial charge in [-0.15, -0.1) is 0 Å². The average Bonchev–Trinajstić information content (AvgIpc) is 2.74. The molecule has 0 aliphatic heterocycles. The van der Waals surface area contributed by atoms with Crippen LogP contribution in [0.1, 0.15) is 11.4 Å². The Labute approximate surface area is 104 Å². The van der Waals surface area contributed by atoms with E-state index in [0.29, 0.717) is 12.2 Å². The Balaban J connectivity index is 2.30. The monoisotopic (exact) mass is 246 g/mol. The number of aryl methyl sites for hydroxylation is 1. The fourth-order valence-corrected chi connectivity index (χ4v) is 1.81. The summed E-state index contributed by atoms with van der Waals surface area (Å²) in [6.45, 7) is 2.57. The predicted octanol–water partition coefficient (Wildman–Crippen LogP) is 2.19. The maximum Gasteiger partial charge on any atom is 0.292 e. The lowest BCUT2D eigenvalue weighted by Crippen LogP contribution is -2.03. The van der Waals surface area contributed by atoms with Gasteiger partial charge in [0.1, 0.15) is 11.5 Å². The van der Waals surface area contributed by atoms with E-state index in [0.717, 1.165) is 11.4 Å². The Kier molecular flexibility index (Phi) is 3.27. The smallest absolute Gasteiger partial charge is 0.292 e. The molecule has 0 saturated heterocycles. The molecule has 0 unspecified atom stereocenters. The normalized spacial score (nSPS) is 10.3. The first kappa shape index (κ1) is 12.1. The van der Waals surface area contributed by atoms with Gasteiger partial charge in [-0.3, -0.25) is 10.1 Å². The lowest BCUT2D eigenvalue weighted by molar-refractivity contribution is -0.383. The van der Waals surface area contributed by atoms with Gasteiger partial charge in [0.15, 0.2) is 0 Å². The van der Waals surface area contributed by atoms with Crippen LogP contribution >= 0.6 is 0 Å². The van der Waals surface area contributed by atoms with Gasteiger partial charge in [0, 0.05) is 32.1 Å². The predicted molar refractivity (Wildman–Crippen MR) is 68.7 cm³/mol. The van der Waals surface area contributed by atoms with Gasteiger partial charge in [0.25, 0.3) is 5.69 Å². The number of nitrogens with one attached hydrogen (secondary N) is 1. The molecule has 1 aromatic heterocycles. The SMILES string of the molecule is CNc1cc(Cn2ccnc2C)ccc1[N+](=O)[O-]. The Morgan fingerprint density at radius 3 is 2.83 bits per heavy atom. The molecular weight excluding hydrogens is 232 g/mol. The molecule has 0 saturated carbocycles. The second-order valence-electron chi connectivity index (χ2n) is 3.96. The van der Waals surface area contributed by atoms with E-state index in [1.807, 2.05) is 17.7 Å². The summed E-state index contributed by atoms with van der Waals surface area (Å²) in [4.78, 5) is 14.6. The molecule has 0 bridgehead atoms. The number of rotatable bonds is 4. The lowest BCUT2D eigenvalue weighted by atomic mass is 10.1. The molecule has 0 spiro atoms. The first-order valence-corrected chi connectivity index (χ1v) is 5.54. The van der Waals surface area contributed by atoms with Gasteiger partial charge >= 0.3 is 0 Å². The lowest BCUT2D eigenvalue weighted by Gasteiger charge is -2.08. The van der Waals surface area contributed by atoms with E-state index in [1.165, 1.54) is 6.07 Å². The summed E-state index contributed by atoms with van der Waals surface area (Å²) in [6, 6.07) is 5.07. The van der Waals surface area contributed by atoms with Crippen LogP contribution < -0.4 is 5.32 Å². The zero-order chi connectivity index (χ0) is 13.1. The minimum absolute atomic E-state index is 0.0867. The van der Waals surface area contributed by atoms with Gasteiger partial charge < -0.3 is 9.88 Å². The van der Waals surface area contributed by atoms with Crippen molar-refractivity contribution >= 4 is 11.4 Å². The number of imidazole rings is 1. The van der Waals surface area contributed by atoms with Gasteiger partial charge in [-0.1, -0.05) is 6.07 Å². The second-order valence-corrected chi connectivity index (χ2v) is 3.96. The standard InChI is InChI=1S/C12H14N4O2/c1-9-14-5-6-15(9)8-10-3-4-12(16(17)18)11(7-10)13-2/h3-7,13H,8H2,1-2H3. The molecule has 0 aliphatic rings. The van der Waals surface area contributed by atoms with Crippen molar-refractivity contribution in [3.05, 3.63) is 52.1 Å². The number of nitro groups is 1. The summed E-state index contributed by atoms with van der Waals surface area (Å²) in [7, 11) is 1.68. The van der Waals surface area contributed by atoms with E-state index < -0.39 is 4.92 Å². The number of aromatic nitrogens is 2. The van der Waals surface area contributed by atoms with Crippen molar-refractivity contribution < 1.29 is 4.92 Å². The third kappa shape index (κ3) is 2.32. The molecule has 2 aromatic rings. The van der Waals surface area contributed by atoms with E-state index in [1.54, 1.807) is 25.4 Å². The van der Waals surface area contributed by atoms with E-state index in [-0.39, 0.29) is 5.69 Å². The molecule has 6 heteroatoms.